The number of hydrogen-bond acceptors (Lipinski definition) is 10. The average Bonchev–Trinajstić information content (AvgIpc) is 3.43. The Balaban J connectivity index is 1.54. The summed E-state index contributed by atoms with van der Waals surface area (Å²) in [6.07, 6.45) is 3.20. The molecule has 0 saturated heterocycles. The number of carbonyl (C=O) groups excluding carboxylic acids is 3. The number of amides is 1. The van der Waals surface area contributed by atoms with Gasteiger partial charge in [-0.05, 0) is 24.4 Å². The lowest BCUT2D eigenvalue weighted by Gasteiger charge is -2.09. The summed E-state index contributed by atoms with van der Waals surface area (Å²) < 4.78 is 10.1. The van der Waals surface area contributed by atoms with Crippen molar-refractivity contribution in [3.8, 4) is 10.4 Å². The van der Waals surface area contributed by atoms with Crippen LogP contribution in [0.1, 0.15) is 23.7 Å². The number of esters is 2. The molecule has 0 bridgehead atoms. The van der Waals surface area contributed by atoms with E-state index in [1.165, 1.54) is 22.7 Å². The highest BCUT2D eigenvalue weighted by Crippen LogP contribution is 2.38. The molecule has 0 unspecified atom stereocenters. The van der Waals surface area contributed by atoms with Crippen LogP contribution < -0.4 is 10.6 Å². The van der Waals surface area contributed by atoms with E-state index in [2.05, 4.69) is 20.6 Å². The van der Waals surface area contributed by atoms with Gasteiger partial charge in [-0.3, -0.25) is 9.59 Å². The van der Waals surface area contributed by atoms with E-state index in [1.54, 1.807) is 30.8 Å². The van der Waals surface area contributed by atoms with E-state index in [-0.39, 0.29) is 19.6 Å². The standard InChI is InChI=1S/C20H20N4O5S2/c1-2-28-19(27)17-13(14-5-3-10-30-14)12-31-18(17)24-15(25)11-29-16(26)6-9-23-20-21-7-4-8-22-20/h3-5,7-8,10,12H,2,6,9,11H2,1H3,(H,24,25)(H,21,22,23). The highest BCUT2D eigenvalue weighted by Gasteiger charge is 2.23. The van der Waals surface area contributed by atoms with E-state index in [9.17, 15) is 14.4 Å². The van der Waals surface area contributed by atoms with Gasteiger partial charge >= 0.3 is 11.9 Å². The van der Waals surface area contributed by atoms with Gasteiger partial charge in [-0.15, -0.1) is 22.7 Å². The molecule has 1 amide bonds. The molecule has 0 aliphatic rings. The van der Waals surface area contributed by atoms with Crippen LogP contribution >= 0.6 is 22.7 Å². The van der Waals surface area contributed by atoms with Crippen LogP contribution in [0.3, 0.4) is 0 Å². The van der Waals surface area contributed by atoms with Crippen LogP contribution in [-0.2, 0) is 19.1 Å². The smallest absolute Gasteiger partial charge is 0.341 e. The van der Waals surface area contributed by atoms with E-state index in [1.807, 2.05) is 17.5 Å². The summed E-state index contributed by atoms with van der Waals surface area (Å²) in [4.78, 5) is 45.4. The predicted molar refractivity (Wildman–Crippen MR) is 118 cm³/mol. The molecule has 162 valence electrons. The van der Waals surface area contributed by atoms with E-state index in [0.717, 1.165) is 4.88 Å². The Hall–Kier alpha value is -3.31. The first-order valence-corrected chi connectivity index (χ1v) is 11.1. The SMILES string of the molecule is CCOC(=O)c1c(-c2cccs2)csc1NC(=O)COC(=O)CCNc1ncccn1. The first-order valence-electron chi connectivity index (χ1n) is 9.37. The lowest BCUT2D eigenvalue weighted by Crippen LogP contribution is -2.22. The maximum Gasteiger partial charge on any atom is 0.341 e. The molecule has 0 aromatic carbocycles. The van der Waals surface area contributed by atoms with Gasteiger partial charge in [0, 0.05) is 34.8 Å². The summed E-state index contributed by atoms with van der Waals surface area (Å²) in [5, 5.41) is 9.56. The molecular weight excluding hydrogens is 440 g/mol. The third-order valence-corrected chi connectivity index (χ3v) is 5.65. The molecule has 0 radical (unpaired) electrons. The minimum Gasteiger partial charge on any atom is -0.462 e. The number of nitrogens with one attached hydrogen (secondary N) is 2. The third kappa shape index (κ3) is 6.33. The summed E-state index contributed by atoms with van der Waals surface area (Å²) in [6, 6.07) is 5.45. The Morgan fingerprint density at radius 2 is 1.90 bits per heavy atom. The molecule has 3 heterocycles. The Labute approximate surface area is 186 Å². The highest BCUT2D eigenvalue weighted by atomic mass is 32.1. The summed E-state index contributed by atoms with van der Waals surface area (Å²) in [5.74, 6) is -1.21. The van der Waals surface area contributed by atoms with Crippen molar-refractivity contribution in [2.45, 2.75) is 13.3 Å². The molecule has 0 atom stereocenters. The molecule has 3 aromatic heterocycles. The largest absolute Gasteiger partial charge is 0.462 e. The van der Waals surface area contributed by atoms with Crippen LogP contribution in [0.25, 0.3) is 10.4 Å². The molecule has 3 aromatic rings. The van der Waals surface area contributed by atoms with Crippen molar-refractivity contribution >= 4 is 51.5 Å². The number of thiophene rings is 2. The summed E-state index contributed by atoms with van der Waals surface area (Å²) in [7, 11) is 0. The summed E-state index contributed by atoms with van der Waals surface area (Å²) >= 11 is 2.69. The van der Waals surface area contributed by atoms with E-state index >= 15 is 0 Å². The van der Waals surface area contributed by atoms with Crippen molar-refractivity contribution in [1.29, 1.82) is 0 Å². The number of ether oxygens (including phenoxy) is 2. The van der Waals surface area contributed by atoms with Crippen LogP contribution in [-0.4, -0.2) is 47.6 Å². The molecule has 0 aliphatic heterocycles. The van der Waals surface area contributed by atoms with Crippen molar-refractivity contribution < 1.29 is 23.9 Å². The van der Waals surface area contributed by atoms with Crippen molar-refractivity contribution in [2.24, 2.45) is 0 Å². The van der Waals surface area contributed by atoms with E-state index < -0.39 is 24.5 Å². The second kappa shape index (κ2) is 11.2. The monoisotopic (exact) mass is 460 g/mol. The fraction of sp³-hybridized carbons (Fsp3) is 0.250. The topological polar surface area (TPSA) is 120 Å². The van der Waals surface area contributed by atoms with Crippen molar-refractivity contribution in [3.05, 3.63) is 46.9 Å². The van der Waals surface area contributed by atoms with Crippen LogP contribution in [0.2, 0.25) is 0 Å². The lowest BCUT2D eigenvalue weighted by molar-refractivity contribution is -0.147. The Morgan fingerprint density at radius 1 is 1.10 bits per heavy atom. The number of anilines is 2. The quantitative estimate of drug-likeness (QED) is 0.442. The number of hydrogen-bond donors (Lipinski definition) is 2. The molecule has 0 aliphatic carbocycles. The first kappa shape index (κ1) is 22.4. The van der Waals surface area contributed by atoms with E-state index in [4.69, 9.17) is 9.47 Å². The first-order chi connectivity index (χ1) is 15.1. The zero-order chi connectivity index (χ0) is 22.1. The molecule has 11 heteroatoms. The molecular formula is C20H20N4O5S2. The van der Waals surface area contributed by atoms with Gasteiger partial charge in [-0.25, -0.2) is 14.8 Å². The van der Waals surface area contributed by atoms with Crippen LogP contribution in [0.5, 0.6) is 0 Å². The maximum absolute atomic E-state index is 12.5. The normalized spacial score (nSPS) is 10.4. The molecule has 0 saturated carbocycles. The number of aromatic nitrogens is 2. The number of nitrogens with zero attached hydrogens (tertiary/aromatic N) is 2. The second-order valence-electron chi connectivity index (χ2n) is 6.01. The van der Waals surface area contributed by atoms with Gasteiger partial charge < -0.3 is 20.1 Å². The van der Waals surface area contributed by atoms with Crippen molar-refractivity contribution in [2.75, 3.05) is 30.4 Å². The summed E-state index contributed by atoms with van der Waals surface area (Å²) in [6.45, 7) is 1.74. The minimum absolute atomic E-state index is 0.0428. The molecule has 0 fully saturated rings. The van der Waals surface area contributed by atoms with Gasteiger partial charge in [0.15, 0.2) is 6.61 Å². The predicted octanol–water partition coefficient (Wildman–Crippen LogP) is 3.43. The fourth-order valence-corrected chi connectivity index (χ4v) is 4.30. The van der Waals surface area contributed by atoms with Gasteiger partial charge in [0.25, 0.3) is 5.91 Å². The van der Waals surface area contributed by atoms with Gasteiger partial charge in [-0.1, -0.05) is 6.07 Å². The van der Waals surface area contributed by atoms with Crippen molar-refractivity contribution in [3.63, 3.8) is 0 Å². The number of carbonyl (C=O) groups is 3. The zero-order valence-corrected chi connectivity index (χ0v) is 18.3. The number of rotatable bonds is 10. The highest BCUT2D eigenvalue weighted by molar-refractivity contribution is 7.17. The van der Waals surface area contributed by atoms with Gasteiger partial charge in [0.05, 0.1) is 13.0 Å². The minimum atomic E-state index is -0.547. The summed E-state index contributed by atoms with van der Waals surface area (Å²) in [5.41, 5.74) is 0.987. The van der Waals surface area contributed by atoms with Crippen LogP contribution in [0, 0.1) is 0 Å². The lowest BCUT2D eigenvalue weighted by atomic mass is 10.1. The van der Waals surface area contributed by atoms with Gasteiger partial charge in [0.2, 0.25) is 5.95 Å². The Morgan fingerprint density at radius 3 is 2.61 bits per heavy atom. The van der Waals surface area contributed by atoms with Gasteiger partial charge in [-0.2, -0.15) is 0 Å². The molecule has 3 rings (SSSR count). The third-order valence-electron chi connectivity index (χ3n) is 3.85. The second-order valence-corrected chi connectivity index (χ2v) is 7.84. The maximum atomic E-state index is 12.5. The van der Waals surface area contributed by atoms with Crippen LogP contribution in [0.4, 0.5) is 10.9 Å². The molecule has 31 heavy (non-hydrogen) atoms. The van der Waals surface area contributed by atoms with E-state index in [0.29, 0.717) is 22.1 Å². The Kier molecular flexibility index (Phi) is 8.07. The average molecular weight is 461 g/mol. The molecule has 2 N–H and O–H groups in total. The van der Waals surface area contributed by atoms with Crippen molar-refractivity contribution in [1.82, 2.24) is 9.97 Å². The van der Waals surface area contributed by atoms with Gasteiger partial charge in [0.1, 0.15) is 10.6 Å². The fourth-order valence-electron chi connectivity index (χ4n) is 2.52. The molecule has 0 spiro atoms. The Bertz CT molecular complexity index is 1020. The van der Waals surface area contributed by atoms with Crippen LogP contribution in [0.15, 0.2) is 41.4 Å². The molecule has 9 nitrogen and oxygen atoms in total. The zero-order valence-electron chi connectivity index (χ0n) is 16.6.